The smallest absolute Gasteiger partial charge is 0.195 e. The maximum absolute atomic E-state index is 12.6. The molecule has 1 nitrogen and oxygen atoms in total. The van der Waals surface area contributed by atoms with E-state index >= 15 is 0 Å². The van der Waals surface area contributed by atoms with E-state index in [4.69, 9.17) is 5.11 Å². The number of rotatable bonds is 0. The normalized spacial score (nSPS) is 10.4. The molecule has 0 aromatic heterocycles. The van der Waals surface area contributed by atoms with Gasteiger partial charge in [-0.15, -0.1) is 0 Å². The zero-order chi connectivity index (χ0) is 9.46. The largest absolute Gasteiger partial charge is 0.507 e. The molecule has 0 bridgehead atoms. The quantitative estimate of drug-likeness (QED) is 0.491. The zero-order valence-electron chi connectivity index (χ0n) is 6.16. The van der Waals surface area contributed by atoms with Gasteiger partial charge < -0.3 is 5.11 Å². The summed E-state index contributed by atoms with van der Waals surface area (Å²) in [5.41, 5.74) is -0.293. The molecule has 0 aliphatic carbocycles. The highest BCUT2D eigenvalue weighted by atomic mass is 31.0. The molecular formula is C7H6F3OP. The number of aromatic hydroxyl groups is 1. The van der Waals surface area contributed by atoms with Crippen LogP contribution >= 0.6 is 9.24 Å². The summed E-state index contributed by atoms with van der Waals surface area (Å²) in [4.78, 5) is 0. The van der Waals surface area contributed by atoms with Crippen molar-refractivity contribution in [3.8, 4) is 5.75 Å². The van der Waals surface area contributed by atoms with Crippen molar-refractivity contribution in [1.29, 1.82) is 0 Å². The first-order valence-electron chi connectivity index (χ1n) is 3.08. The fourth-order valence-electron chi connectivity index (χ4n) is 0.789. The van der Waals surface area contributed by atoms with Crippen LogP contribution in [0.3, 0.4) is 0 Å². The topological polar surface area (TPSA) is 20.2 Å². The fraction of sp³-hybridized carbons (Fsp3) is 0.143. The van der Waals surface area contributed by atoms with E-state index in [1.165, 1.54) is 6.92 Å². The van der Waals surface area contributed by atoms with Crippen LogP contribution in [0.1, 0.15) is 5.56 Å². The summed E-state index contributed by atoms with van der Waals surface area (Å²) in [5.74, 6) is -4.86. The van der Waals surface area contributed by atoms with E-state index in [1.807, 2.05) is 0 Å². The third-order valence-electron chi connectivity index (χ3n) is 1.56. The molecule has 0 fully saturated rings. The highest BCUT2D eigenvalue weighted by Gasteiger charge is 2.19. The Morgan fingerprint density at radius 3 is 2.08 bits per heavy atom. The van der Waals surface area contributed by atoms with Gasteiger partial charge in [0.2, 0.25) is 0 Å². The Labute approximate surface area is 69.4 Å². The highest BCUT2D eigenvalue weighted by molar-refractivity contribution is 7.27. The summed E-state index contributed by atoms with van der Waals surface area (Å²) in [6.45, 7) is 1.17. The Hall–Kier alpha value is -0.760. The van der Waals surface area contributed by atoms with E-state index in [-0.39, 0.29) is 10.9 Å². The van der Waals surface area contributed by atoms with Crippen molar-refractivity contribution < 1.29 is 18.3 Å². The van der Waals surface area contributed by atoms with Gasteiger partial charge in [0, 0.05) is 5.56 Å². The number of hydrogen-bond donors (Lipinski definition) is 1. The van der Waals surface area contributed by atoms with Crippen LogP contribution < -0.4 is 5.30 Å². The van der Waals surface area contributed by atoms with Gasteiger partial charge in [-0.2, -0.15) is 0 Å². The second-order valence-electron chi connectivity index (χ2n) is 2.33. The molecule has 0 saturated carbocycles. The van der Waals surface area contributed by atoms with Crippen LogP contribution in [0.4, 0.5) is 13.2 Å². The molecule has 1 aromatic carbocycles. The molecule has 1 rings (SSSR count). The number of phenolic OH excluding ortho intramolecular Hbond substituents is 1. The zero-order valence-corrected chi connectivity index (χ0v) is 7.31. The van der Waals surface area contributed by atoms with Crippen LogP contribution in [0.5, 0.6) is 5.75 Å². The van der Waals surface area contributed by atoms with Crippen molar-refractivity contribution in [3.63, 3.8) is 0 Å². The fourth-order valence-corrected chi connectivity index (χ4v) is 1.13. The maximum atomic E-state index is 12.6. The van der Waals surface area contributed by atoms with Gasteiger partial charge in [0.1, 0.15) is 5.75 Å². The molecule has 12 heavy (non-hydrogen) atoms. The van der Waals surface area contributed by atoms with Gasteiger partial charge in [-0.1, -0.05) is 9.24 Å². The van der Waals surface area contributed by atoms with Crippen LogP contribution in [0.2, 0.25) is 0 Å². The summed E-state index contributed by atoms with van der Waals surface area (Å²) >= 11 is 0. The lowest BCUT2D eigenvalue weighted by molar-refractivity contribution is 0.420. The molecule has 0 saturated heterocycles. The van der Waals surface area contributed by atoms with Crippen LogP contribution in [-0.2, 0) is 0 Å². The minimum atomic E-state index is -1.56. The number of benzene rings is 1. The summed E-state index contributed by atoms with van der Waals surface area (Å²) < 4.78 is 37.8. The van der Waals surface area contributed by atoms with Crippen molar-refractivity contribution in [3.05, 3.63) is 23.0 Å². The minimum Gasteiger partial charge on any atom is -0.507 e. The average molecular weight is 194 g/mol. The second kappa shape index (κ2) is 2.94. The molecule has 0 radical (unpaired) electrons. The molecule has 66 valence electrons. The standard InChI is InChI=1S/C7H6F3OP/c1-2-3(8)4(9)5(10)7(12)6(2)11/h11H,12H2,1H3. The third kappa shape index (κ3) is 1.16. The first kappa shape index (κ1) is 9.33. The van der Waals surface area contributed by atoms with E-state index in [9.17, 15) is 13.2 Å². The number of halogens is 3. The van der Waals surface area contributed by atoms with Crippen molar-refractivity contribution >= 4 is 14.5 Å². The number of phenols is 1. The summed E-state index contributed by atoms with van der Waals surface area (Å²) in [7, 11) is 1.80. The molecular weight excluding hydrogens is 188 g/mol. The van der Waals surface area contributed by atoms with Gasteiger partial charge >= 0.3 is 0 Å². The molecule has 0 spiro atoms. The van der Waals surface area contributed by atoms with Gasteiger partial charge in [-0.3, -0.25) is 0 Å². The van der Waals surface area contributed by atoms with E-state index < -0.39 is 23.2 Å². The van der Waals surface area contributed by atoms with Crippen LogP contribution in [-0.4, -0.2) is 5.11 Å². The molecule has 0 amide bonds. The molecule has 1 N–H and O–H groups in total. The molecule has 1 unspecified atom stereocenters. The number of hydrogen-bond acceptors (Lipinski definition) is 1. The van der Waals surface area contributed by atoms with Gasteiger partial charge in [0.15, 0.2) is 17.5 Å². The van der Waals surface area contributed by atoms with Crippen LogP contribution in [0.15, 0.2) is 0 Å². The van der Waals surface area contributed by atoms with Gasteiger partial charge in [-0.25, -0.2) is 13.2 Å². The third-order valence-corrected chi connectivity index (χ3v) is 2.09. The summed E-state index contributed by atoms with van der Waals surface area (Å²) in [6.07, 6.45) is 0. The average Bonchev–Trinajstić information content (AvgIpc) is 2.08. The van der Waals surface area contributed by atoms with Crippen LogP contribution in [0.25, 0.3) is 0 Å². The SMILES string of the molecule is Cc1c(O)c(P)c(F)c(F)c1F. The molecule has 0 aliphatic rings. The molecule has 1 atom stereocenters. The Kier molecular flexibility index (Phi) is 2.29. The van der Waals surface area contributed by atoms with Gasteiger partial charge in [0.25, 0.3) is 0 Å². The Morgan fingerprint density at radius 1 is 1.08 bits per heavy atom. The predicted octanol–water partition coefficient (Wildman–Crippen LogP) is 1.62. The first-order valence-corrected chi connectivity index (χ1v) is 3.66. The van der Waals surface area contributed by atoms with Crippen molar-refractivity contribution in [1.82, 2.24) is 0 Å². The first-order chi connectivity index (χ1) is 5.46. The predicted molar refractivity (Wildman–Crippen MR) is 42.1 cm³/mol. The highest BCUT2D eigenvalue weighted by Crippen LogP contribution is 2.23. The van der Waals surface area contributed by atoms with Crippen molar-refractivity contribution in [2.45, 2.75) is 6.92 Å². The Morgan fingerprint density at radius 2 is 1.58 bits per heavy atom. The van der Waals surface area contributed by atoms with Crippen LogP contribution in [0, 0.1) is 24.4 Å². The van der Waals surface area contributed by atoms with E-state index in [0.717, 1.165) is 0 Å². The molecule has 1 aromatic rings. The minimum absolute atomic E-state index is 0.293. The van der Waals surface area contributed by atoms with E-state index in [2.05, 4.69) is 0 Å². The van der Waals surface area contributed by atoms with Crippen molar-refractivity contribution in [2.75, 3.05) is 0 Å². The van der Waals surface area contributed by atoms with E-state index in [1.54, 1.807) is 9.24 Å². The lowest BCUT2D eigenvalue weighted by atomic mass is 10.2. The lowest BCUT2D eigenvalue weighted by Gasteiger charge is -2.06. The van der Waals surface area contributed by atoms with Crippen molar-refractivity contribution in [2.24, 2.45) is 0 Å². The van der Waals surface area contributed by atoms with E-state index in [0.29, 0.717) is 0 Å². The summed E-state index contributed by atoms with van der Waals surface area (Å²) in [5, 5.41) is 8.67. The summed E-state index contributed by atoms with van der Waals surface area (Å²) in [6, 6.07) is 0. The molecule has 0 aliphatic heterocycles. The Balaban J connectivity index is 3.60. The second-order valence-corrected chi connectivity index (χ2v) is 2.91. The maximum Gasteiger partial charge on any atom is 0.195 e. The monoisotopic (exact) mass is 194 g/mol. The van der Waals surface area contributed by atoms with Gasteiger partial charge in [-0.05, 0) is 6.92 Å². The molecule has 0 heterocycles. The Bertz CT molecular complexity index is 233. The molecule has 5 heteroatoms. The lowest BCUT2D eigenvalue weighted by Crippen LogP contribution is -2.08. The van der Waals surface area contributed by atoms with Gasteiger partial charge in [0.05, 0.1) is 5.30 Å².